The van der Waals surface area contributed by atoms with Crippen molar-refractivity contribution in [3.05, 3.63) is 82.3 Å². The molecule has 1 heterocycles. The first-order valence-corrected chi connectivity index (χ1v) is 11.2. The largest absolute Gasteiger partial charge is 0.492 e. The highest BCUT2D eigenvalue weighted by Gasteiger charge is 2.30. The van der Waals surface area contributed by atoms with Crippen molar-refractivity contribution >= 4 is 17.6 Å². The van der Waals surface area contributed by atoms with Crippen LogP contribution in [0.5, 0.6) is 11.5 Å². The number of ether oxygens (including phenoxy) is 2. The number of carboxylic acids is 1. The minimum Gasteiger partial charge on any atom is -0.492 e. The van der Waals surface area contributed by atoms with Gasteiger partial charge in [-0.05, 0) is 80.8 Å². The Balaban J connectivity index is 1.71. The molecule has 0 saturated heterocycles. The first-order chi connectivity index (χ1) is 15.6. The number of nitrogens with zero attached hydrogens (tertiary/aromatic N) is 1. The van der Waals surface area contributed by atoms with E-state index in [9.17, 15) is 9.90 Å². The molecule has 0 bridgehead atoms. The molecule has 1 aromatic heterocycles. The van der Waals surface area contributed by atoms with E-state index in [0.29, 0.717) is 37.0 Å². The molecule has 0 spiro atoms. The number of aliphatic carboxylic acids is 1. The van der Waals surface area contributed by atoms with E-state index in [0.717, 1.165) is 28.2 Å². The number of carboxylic acid groups (broad SMARTS) is 1. The fraction of sp³-hybridized carbons (Fsp3) is 0.346. The van der Waals surface area contributed by atoms with Gasteiger partial charge in [0, 0.05) is 18.1 Å². The quantitative estimate of drug-likeness (QED) is 0.377. The molecule has 176 valence electrons. The van der Waals surface area contributed by atoms with E-state index >= 15 is 0 Å². The fourth-order valence-electron chi connectivity index (χ4n) is 3.51. The zero-order chi connectivity index (χ0) is 24.0. The highest BCUT2D eigenvalue weighted by molar-refractivity contribution is 6.30. The number of hydrogen-bond donors (Lipinski definition) is 1. The lowest BCUT2D eigenvalue weighted by molar-refractivity contribution is -0.152. The van der Waals surface area contributed by atoms with Crippen LogP contribution in [0.25, 0.3) is 0 Å². The summed E-state index contributed by atoms with van der Waals surface area (Å²) in [5, 5.41) is 10.1. The lowest BCUT2D eigenvalue weighted by Gasteiger charge is -2.26. The summed E-state index contributed by atoms with van der Waals surface area (Å²) in [5.74, 6) is 1.25. The van der Waals surface area contributed by atoms with Gasteiger partial charge in [0.15, 0.2) is 5.60 Å². The van der Waals surface area contributed by atoms with Gasteiger partial charge in [-0.3, -0.25) is 4.90 Å². The maximum atomic E-state index is 11.5. The van der Waals surface area contributed by atoms with Gasteiger partial charge in [-0.15, -0.1) is 0 Å². The van der Waals surface area contributed by atoms with E-state index in [1.54, 1.807) is 32.2 Å². The fourth-order valence-corrected chi connectivity index (χ4v) is 3.64. The van der Waals surface area contributed by atoms with Crippen molar-refractivity contribution in [1.82, 2.24) is 4.90 Å². The Labute approximate surface area is 199 Å². The number of halogens is 1. The predicted molar refractivity (Wildman–Crippen MR) is 128 cm³/mol. The molecule has 0 radical (unpaired) electrons. The molecule has 0 unspecified atom stereocenters. The topological polar surface area (TPSA) is 72.1 Å². The summed E-state index contributed by atoms with van der Waals surface area (Å²) < 4.78 is 17.3. The summed E-state index contributed by atoms with van der Waals surface area (Å²) in [6.07, 6.45) is 1.67. The van der Waals surface area contributed by atoms with E-state index < -0.39 is 11.6 Å². The maximum Gasteiger partial charge on any atom is 0.347 e. The molecule has 0 aliphatic rings. The average Bonchev–Trinajstić information content (AvgIpc) is 3.25. The predicted octanol–water partition coefficient (Wildman–Crippen LogP) is 5.87. The molecular weight excluding hydrogens is 442 g/mol. The third kappa shape index (κ3) is 7.01. The Morgan fingerprint density at radius 2 is 1.76 bits per heavy atom. The van der Waals surface area contributed by atoms with Gasteiger partial charge in [-0.1, -0.05) is 23.7 Å². The van der Waals surface area contributed by atoms with Crippen LogP contribution in [0.4, 0.5) is 0 Å². The van der Waals surface area contributed by atoms with Crippen LogP contribution in [0.3, 0.4) is 0 Å². The monoisotopic (exact) mass is 471 g/mol. The number of hydrogen-bond acceptors (Lipinski definition) is 5. The van der Waals surface area contributed by atoms with Crippen LogP contribution < -0.4 is 9.47 Å². The summed E-state index contributed by atoms with van der Waals surface area (Å²) in [6, 6.07) is 15.2. The molecule has 3 rings (SSSR count). The highest BCUT2D eigenvalue weighted by Crippen LogP contribution is 2.29. The van der Waals surface area contributed by atoms with E-state index in [1.807, 2.05) is 50.2 Å². The lowest BCUT2D eigenvalue weighted by Crippen LogP contribution is -2.38. The number of furan rings is 1. The molecule has 7 heteroatoms. The van der Waals surface area contributed by atoms with Crippen LogP contribution in [-0.4, -0.2) is 34.7 Å². The van der Waals surface area contributed by atoms with Crippen LogP contribution in [0.15, 0.2) is 59.2 Å². The Kier molecular flexibility index (Phi) is 8.06. The Bertz CT molecular complexity index is 1040. The third-order valence-electron chi connectivity index (χ3n) is 5.25. The van der Waals surface area contributed by atoms with Crippen molar-refractivity contribution in [2.45, 2.75) is 46.4 Å². The van der Waals surface area contributed by atoms with E-state index in [-0.39, 0.29) is 0 Å². The normalized spacial score (nSPS) is 11.6. The molecule has 0 aliphatic carbocycles. The Morgan fingerprint density at radius 3 is 2.33 bits per heavy atom. The van der Waals surface area contributed by atoms with Crippen LogP contribution in [0.2, 0.25) is 5.02 Å². The molecular formula is C26H30ClNO5. The van der Waals surface area contributed by atoms with E-state index in [1.165, 1.54) is 0 Å². The molecule has 3 aromatic rings. The summed E-state index contributed by atoms with van der Waals surface area (Å²) in [7, 11) is 0. The molecule has 0 saturated carbocycles. The first kappa shape index (κ1) is 24.7. The van der Waals surface area contributed by atoms with Crippen LogP contribution in [0.1, 0.15) is 36.3 Å². The molecule has 0 amide bonds. The van der Waals surface area contributed by atoms with Gasteiger partial charge in [0.25, 0.3) is 0 Å². The number of aryl methyl sites for hydroxylation is 2. The van der Waals surface area contributed by atoms with Crippen molar-refractivity contribution in [1.29, 1.82) is 0 Å². The molecule has 1 N–H and O–H groups in total. The van der Waals surface area contributed by atoms with Gasteiger partial charge < -0.3 is 19.0 Å². The number of benzene rings is 2. The first-order valence-electron chi connectivity index (χ1n) is 10.8. The minimum absolute atomic E-state index is 0.508. The van der Waals surface area contributed by atoms with E-state index in [2.05, 4.69) is 4.90 Å². The van der Waals surface area contributed by atoms with Crippen molar-refractivity contribution in [2.75, 3.05) is 13.2 Å². The molecule has 6 nitrogen and oxygen atoms in total. The molecule has 0 aliphatic heterocycles. The second-order valence-electron chi connectivity index (χ2n) is 8.57. The Morgan fingerprint density at radius 1 is 1.09 bits per heavy atom. The van der Waals surface area contributed by atoms with Gasteiger partial charge in [-0.2, -0.15) is 0 Å². The Hall–Kier alpha value is -2.96. The van der Waals surface area contributed by atoms with Crippen LogP contribution in [0, 0.1) is 13.8 Å². The van der Waals surface area contributed by atoms with Crippen molar-refractivity contribution < 1.29 is 23.8 Å². The zero-order valence-electron chi connectivity index (χ0n) is 19.4. The summed E-state index contributed by atoms with van der Waals surface area (Å²) in [6.45, 7) is 9.48. The average molecular weight is 472 g/mol. The second kappa shape index (κ2) is 10.8. The smallest absolute Gasteiger partial charge is 0.347 e. The summed E-state index contributed by atoms with van der Waals surface area (Å²) >= 11 is 5.94. The lowest BCUT2D eigenvalue weighted by atomic mass is 10.0. The van der Waals surface area contributed by atoms with Gasteiger partial charge in [-0.25, -0.2) is 4.79 Å². The number of rotatable bonds is 11. The molecule has 0 atom stereocenters. The standard InChI is InChI=1S/C26H30ClNO5/c1-18-14-20(15-19(2)24(18)33-26(3,4)25(29)30)16-28(17-23-6-5-12-31-23)11-13-32-22-9-7-21(27)8-10-22/h5-10,12,14-15H,11,13,16-17H2,1-4H3,(H,29,30). The second-order valence-corrected chi connectivity index (χ2v) is 9.01. The van der Waals surface area contributed by atoms with Crippen LogP contribution >= 0.6 is 11.6 Å². The number of carbonyl (C=O) groups is 1. The van der Waals surface area contributed by atoms with Crippen molar-refractivity contribution in [2.24, 2.45) is 0 Å². The maximum absolute atomic E-state index is 11.5. The van der Waals surface area contributed by atoms with Gasteiger partial charge in [0.05, 0.1) is 12.8 Å². The van der Waals surface area contributed by atoms with Crippen molar-refractivity contribution in [3.63, 3.8) is 0 Å². The van der Waals surface area contributed by atoms with Gasteiger partial charge in [0.2, 0.25) is 0 Å². The minimum atomic E-state index is -1.30. The SMILES string of the molecule is Cc1cc(CN(CCOc2ccc(Cl)cc2)Cc2ccco2)cc(C)c1OC(C)(C)C(=O)O. The summed E-state index contributed by atoms with van der Waals surface area (Å²) in [5.41, 5.74) is 1.59. The molecule has 33 heavy (non-hydrogen) atoms. The summed E-state index contributed by atoms with van der Waals surface area (Å²) in [4.78, 5) is 13.7. The third-order valence-corrected chi connectivity index (χ3v) is 5.50. The van der Waals surface area contributed by atoms with E-state index in [4.69, 9.17) is 25.5 Å². The molecule has 0 fully saturated rings. The van der Waals surface area contributed by atoms with Gasteiger partial charge >= 0.3 is 5.97 Å². The van der Waals surface area contributed by atoms with Crippen LogP contribution in [-0.2, 0) is 17.9 Å². The van der Waals surface area contributed by atoms with Crippen molar-refractivity contribution in [3.8, 4) is 11.5 Å². The highest BCUT2D eigenvalue weighted by atomic mass is 35.5. The van der Waals surface area contributed by atoms with Gasteiger partial charge in [0.1, 0.15) is 23.9 Å². The zero-order valence-corrected chi connectivity index (χ0v) is 20.2. The molecule has 2 aromatic carbocycles.